The molecule has 3 nitrogen and oxygen atoms in total. The van der Waals surface area contributed by atoms with Crippen molar-refractivity contribution in [1.82, 2.24) is 10.6 Å². The van der Waals surface area contributed by atoms with Crippen LogP contribution in [0.25, 0.3) is 0 Å². The monoisotopic (exact) mass is 314 g/mol. The lowest BCUT2D eigenvalue weighted by atomic mass is 9.93. The smallest absolute Gasteiger partial charge is 0.220 e. The average Bonchev–Trinajstić information content (AvgIpc) is 2.41. The van der Waals surface area contributed by atoms with E-state index in [1.165, 1.54) is 12.1 Å². The molecule has 0 aliphatic carbocycles. The third-order valence-electron chi connectivity index (χ3n) is 4.04. The van der Waals surface area contributed by atoms with Crippen LogP contribution in [0.2, 0.25) is 0 Å². The zero-order chi connectivity index (χ0) is 14.5. The quantitative estimate of drug-likeness (QED) is 0.897. The van der Waals surface area contributed by atoms with Gasteiger partial charge in [-0.1, -0.05) is 26.0 Å². The maximum atomic E-state index is 13.2. The van der Waals surface area contributed by atoms with Crippen LogP contribution in [0.4, 0.5) is 4.39 Å². The number of rotatable bonds is 4. The fraction of sp³-hybridized carbons (Fsp3) is 0.562. The maximum Gasteiger partial charge on any atom is 0.220 e. The molecule has 0 saturated carbocycles. The highest BCUT2D eigenvalue weighted by molar-refractivity contribution is 5.85. The molecule has 1 aromatic carbocycles. The number of carbonyl (C=O) groups excluding carboxylic acids is 1. The van der Waals surface area contributed by atoms with Gasteiger partial charge in [-0.25, -0.2) is 4.39 Å². The van der Waals surface area contributed by atoms with Crippen LogP contribution in [-0.4, -0.2) is 25.0 Å². The number of hydrogen-bond acceptors (Lipinski definition) is 2. The number of hydrogen-bond donors (Lipinski definition) is 2. The topological polar surface area (TPSA) is 41.1 Å². The molecule has 1 fully saturated rings. The number of piperidine rings is 1. The minimum atomic E-state index is -0.248. The van der Waals surface area contributed by atoms with Crippen LogP contribution in [0.15, 0.2) is 24.3 Å². The number of carbonyl (C=O) groups is 1. The first-order valence-electron chi connectivity index (χ1n) is 7.32. The molecule has 1 amide bonds. The zero-order valence-electron chi connectivity index (χ0n) is 12.6. The molecule has 5 heteroatoms. The van der Waals surface area contributed by atoms with Gasteiger partial charge in [0.1, 0.15) is 5.82 Å². The summed E-state index contributed by atoms with van der Waals surface area (Å²) < 4.78 is 13.2. The van der Waals surface area contributed by atoms with E-state index in [1.54, 1.807) is 6.07 Å². The Balaban J connectivity index is 0.00000220. The van der Waals surface area contributed by atoms with E-state index < -0.39 is 0 Å². The summed E-state index contributed by atoms with van der Waals surface area (Å²) in [6, 6.07) is 6.74. The van der Waals surface area contributed by atoms with E-state index in [2.05, 4.69) is 17.6 Å². The van der Waals surface area contributed by atoms with Gasteiger partial charge in [-0.2, -0.15) is 0 Å². The highest BCUT2D eigenvalue weighted by Crippen LogP contribution is 2.20. The molecule has 3 unspecified atom stereocenters. The van der Waals surface area contributed by atoms with Gasteiger partial charge in [0.2, 0.25) is 5.91 Å². The van der Waals surface area contributed by atoms with E-state index in [4.69, 9.17) is 0 Å². The minimum Gasteiger partial charge on any atom is -0.353 e. The average molecular weight is 315 g/mol. The highest BCUT2D eigenvalue weighted by atomic mass is 35.5. The zero-order valence-corrected chi connectivity index (χ0v) is 13.4. The Hall–Kier alpha value is -1.13. The largest absolute Gasteiger partial charge is 0.353 e. The summed E-state index contributed by atoms with van der Waals surface area (Å²) in [6.45, 7) is 6.01. The second-order valence-electron chi connectivity index (χ2n) is 5.80. The van der Waals surface area contributed by atoms with Crippen LogP contribution >= 0.6 is 12.4 Å². The molecule has 1 heterocycles. The van der Waals surface area contributed by atoms with Crippen molar-refractivity contribution >= 4 is 18.3 Å². The van der Waals surface area contributed by atoms with E-state index in [1.807, 2.05) is 13.0 Å². The van der Waals surface area contributed by atoms with Gasteiger partial charge in [-0.3, -0.25) is 4.79 Å². The lowest BCUT2D eigenvalue weighted by Gasteiger charge is -2.30. The first-order chi connectivity index (χ1) is 9.56. The molecule has 1 aliphatic heterocycles. The standard InChI is InChI=1S/C16H23FN2O.ClH/c1-11(13-4-3-5-14(17)9-13)8-16(20)19-15-6-7-18-10-12(15)2;/h3-5,9,11-12,15,18H,6-8,10H2,1-2H3,(H,19,20);1H. The molecule has 2 rings (SSSR count). The predicted molar refractivity (Wildman–Crippen MR) is 85.3 cm³/mol. The van der Waals surface area contributed by atoms with Crippen LogP contribution in [0.3, 0.4) is 0 Å². The maximum absolute atomic E-state index is 13.2. The number of halogens is 2. The Bertz CT molecular complexity index is 469. The van der Waals surface area contributed by atoms with E-state index in [0.717, 1.165) is 25.1 Å². The molecule has 0 spiro atoms. The van der Waals surface area contributed by atoms with Crippen LogP contribution < -0.4 is 10.6 Å². The number of nitrogens with one attached hydrogen (secondary N) is 2. The summed E-state index contributed by atoms with van der Waals surface area (Å²) in [6.07, 6.45) is 1.38. The van der Waals surface area contributed by atoms with Gasteiger partial charge >= 0.3 is 0 Å². The SMILES string of the molecule is CC(CC(=O)NC1CCNCC1C)c1cccc(F)c1.Cl. The van der Waals surface area contributed by atoms with Crippen molar-refractivity contribution in [3.63, 3.8) is 0 Å². The summed E-state index contributed by atoms with van der Waals surface area (Å²) in [5.74, 6) is 0.294. The molecule has 1 aromatic rings. The van der Waals surface area contributed by atoms with Crippen molar-refractivity contribution in [2.45, 2.75) is 38.6 Å². The molecule has 1 saturated heterocycles. The summed E-state index contributed by atoms with van der Waals surface area (Å²) in [4.78, 5) is 12.1. The van der Waals surface area contributed by atoms with Gasteiger partial charge in [0, 0.05) is 12.5 Å². The summed E-state index contributed by atoms with van der Waals surface area (Å²) in [5.41, 5.74) is 0.874. The van der Waals surface area contributed by atoms with Gasteiger partial charge < -0.3 is 10.6 Å². The van der Waals surface area contributed by atoms with Gasteiger partial charge in [0.25, 0.3) is 0 Å². The van der Waals surface area contributed by atoms with Crippen LogP contribution in [-0.2, 0) is 4.79 Å². The van der Waals surface area contributed by atoms with Gasteiger partial charge in [-0.05, 0) is 49.0 Å². The Morgan fingerprint density at radius 1 is 1.52 bits per heavy atom. The first kappa shape index (κ1) is 17.9. The minimum absolute atomic E-state index is 0. The summed E-state index contributed by atoms with van der Waals surface area (Å²) >= 11 is 0. The van der Waals surface area contributed by atoms with Crippen molar-refractivity contribution in [1.29, 1.82) is 0 Å². The fourth-order valence-electron chi connectivity index (χ4n) is 2.70. The van der Waals surface area contributed by atoms with Crippen molar-refractivity contribution in [2.75, 3.05) is 13.1 Å². The molecule has 118 valence electrons. The molecule has 2 N–H and O–H groups in total. The van der Waals surface area contributed by atoms with E-state index in [0.29, 0.717) is 12.3 Å². The third-order valence-corrected chi connectivity index (χ3v) is 4.04. The lowest BCUT2D eigenvalue weighted by Crippen LogP contribution is -2.48. The molecular weight excluding hydrogens is 291 g/mol. The Morgan fingerprint density at radius 3 is 2.95 bits per heavy atom. The summed E-state index contributed by atoms with van der Waals surface area (Å²) in [5, 5.41) is 6.43. The molecule has 0 bridgehead atoms. The molecular formula is C16H24ClFN2O. The second kappa shape index (κ2) is 8.35. The van der Waals surface area contributed by atoms with Crippen LogP contribution in [0.1, 0.15) is 38.2 Å². The van der Waals surface area contributed by atoms with Crippen LogP contribution in [0.5, 0.6) is 0 Å². The van der Waals surface area contributed by atoms with Crippen molar-refractivity contribution in [2.24, 2.45) is 5.92 Å². The Morgan fingerprint density at radius 2 is 2.29 bits per heavy atom. The molecule has 3 atom stereocenters. The second-order valence-corrected chi connectivity index (χ2v) is 5.80. The summed E-state index contributed by atoms with van der Waals surface area (Å²) in [7, 11) is 0. The molecule has 21 heavy (non-hydrogen) atoms. The first-order valence-corrected chi connectivity index (χ1v) is 7.32. The Labute approximate surface area is 132 Å². The van der Waals surface area contributed by atoms with Crippen molar-refractivity contribution < 1.29 is 9.18 Å². The van der Waals surface area contributed by atoms with Gasteiger partial charge in [0.05, 0.1) is 0 Å². The number of amides is 1. The fourth-order valence-corrected chi connectivity index (χ4v) is 2.70. The third kappa shape index (κ3) is 5.29. The van der Waals surface area contributed by atoms with Gasteiger partial charge in [0.15, 0.2) is 0 Å². The van der Waals surface area contributed by atoms with E-state index >= 15 is 0 Å². The molecule has 1 aliphatic rings. The Kier molecular flexibility index (Phi) is 7.12. The molecule has 0 radical (unpaired) electrons. The van der Waals surface area contributed by atoms with E-state index in [-0.39, 0.29) is 36.1 Å². The lowest BCUT2D eigenvalue weighted by molar-refractivity contribution is -0.122. The van der Waals surface area contributed by atoms with E-state index in [9.17, 15) is 9.18 Å². The predicted octanol–water partition coefficient (Wildman–Crippen LogP) is 2.86. The highest BCUT2D eigenvalue weighted by Gasteiger charge is 2.23. The van der Waals surface area contributed by atoms with Crippen molar-refractivity contribution in [3.8, 4) is 0 Å². The van der Waals surface area contributed by atoms with Crippen molar-refractivity contribution in [3.05, 3.63) is 35.6 Å². The van der Waals surface area contributed by atoms with Gasteiger partial charge in [-0.15, -0.1) is 12.4 Å². The normalized spacial score (nSPS) is 23.0. The van der Waals surface area contributed by atoms with Crippen LogP contribution in [0, 0.1) is 11.7 Å². The molecule has 0 aromatic heterocycles. The number of benzene rings is 1.